The van der Waals surface area contributed by atoms with Crippen LogP contribution in [0.5, 0.6) is 0 Å². The summed E-state index contributed by atoms with van der Waals surface area (Å²) >= 11 is 0. The van der Waals surface area contributed by atoms with Crippen molar-refractivity contribution in [3.8, 4) is 0 Å². The monoisotopic (exact) mass is 1510 g/mol. The van der Waals surface area contributed by atoms with E-state index in [0.717, 1.165) is 51.4 Å². The van der Waals surface area contributed by atoms with E-state index < -0.39 is 86.8 Å². The van der Waals surface area contributed by atoms with Gasteiger partial charge in [0.1, 0.15) is 48.8 Å². The zero-order valence-corrected chi connectivity index (χ0v) is 70.0. The predicted octanol–water partition coefficient (Wildman–Crippen LogP) is 23.4. The van der Waals surface area contributed by atoms with Gasteiger partial charge in [0.25, 0.3) is 0 Å². The molecule has 14 heteroatoms. The van der Waals surface area contributed by atoms with E-state index in [2.05, 4.69) is 19.2 Å². The van der Waals surface area contributed by atoms with Crippen molar-refractivity contribution in [2.45, 2.75) is 563 Å². The summed E-state index contributed by atoms with van der Waals surface area (Å²) < 4.78 is 23.1. The van der Waals surface area contributed by atoms with Crippen LogP contribution in [0.25, 0.3) is 0 Å². The largest absolute Gasteiger partial charge is 0.394 e. The van der Waals surface area contributed by atoms with Crippen molar-refractivity contribution >= 4 is 5.91 Å². The second kappa shape index (κ2) is 76.6. The summed E-state index contributed by atoms with van der Waals surface area (Å²) in [6.07, 6.45) is 82.1. The van der Waals surface area contributed by atoms with Crippen LogP contribution in [0.3, 0.4) is 0 Å². The number of carbonyl (C=O) groups excluding carboxylic acids is 1. The minimum absolute atomic E-state index is 0.193. The number of hydrogen-bond acceptors (Lipinski definition) is 13. The highest BCUT2D eigenvalue weighted by Crippen LogP contribution is 2.31. The number of carbonyl (C=O) groups is 1. The number of hydrogen-bond donors (Lipinski definition) is 9. The van der Waals surface area contributed by atoms with Crippen molar-refractivity contribution in [3.63, 3.8) is 0 Å². The molecule has 1 amide bonds. The molecule has 2 fully saturated rings. The third-order valence-corrected chi connectivity index (χ3v) is 23.8. The van der Waals surface area contributed by atoms with Gasteiger partial charge in [0.2, 0.25) is 5.91 Å². The summed E-state index contributed by atoms with van der Waals surface area (Å²) in [6.45, 7) is 2.96. The highest BCUT2D eigenvalue weighted by atomic mass is 16.7. The van der Waals surface area contributed by atoms with Crippen molar-refractivity contribution in [3.05, 3.63) is 0 Å². The highest BCUT2D eigenvalue weighted by Gasteiger charge is 2.51. The molecule has 2 heterocycles. The van der Waals surface area contributed by atoms with Crippen molar-refractivity contribution in [1.82, 2.24) is 5.32 Å². The van der Waals surface area contributed by atoms with Crippen molar-refractivity contribution < 1.29 is 64.6 Å². The molecule has 632 valence electrons. The highest BCUT2D eigenvalue weighted by molar-refractivity contribution is 5.76. The van der Waals surface area contributed by atoms with Gasteiger partial charge < -0.3 is 65.1 Å². The lowest BCUT2D eigenvalue weighted by atomic mass is 9.97. The summed E-state index contributed by atoms with van der Waals surface area (Å²) in [5, 5.41) is 88.1. The van der Waals surface area contributed by atoms with Gasteiger partial charge in [0, 0.05) is 6.42 Å². The van der Waals surface area contributed by atoms with Crippen LogP contribution in [0.1, 0.15) is 489 Å². The quantitative estimate of drug-likeness (QED) is 0.0259. The van der Waals surface area contributed by atoms with E-state index in [4.69, 9.17) is 18.9 Å². The topological polar surface area (TPSA) is 228 Å². The Bertz CT molecular complexity index is 1780. The molecule has 12 atom stereocenters. The molecule has 2 rings (SSSR count). The van der Waals surface area contributed by atoms with Crippen LogP contribution in [-0.2, 0) is 23.7 Å². The van der Waals surface area contributed by atoms with Gasteiger partial charge >= 0.3 is 0 Å². The van der Waals surface area contributed by atoms with Crippen LogP contribution >= 0.6 is 0 Å². The fourth-order valence-corrected chi connectivity index (χ4v) is 16.4. The molecule has 2 saturated heterocycles. The minimum atomic E-state index is -1.78. The number of aliphatic hydroxyl groups excluding tert-OH is 8. The molecule has 0 bridgehead atoms. The summed E-state index contributed by atoms with van der Waals surface area (Å²) in [5.74, 6) is -0.193. The molecule has 0 spiro atoms. The van der Waals surface area contributed by atoms with Crippen LogP contribution in [0.15, 0.2) is 0 Å². The fourth-order valence-electron chi connectivity index (χ4n) is 16.4. The molecule has 12 unspecified atom stereocenters. The van der Waals surface area contributed by atoms with Crippen LogP contribution in [0.4, 0.5) is 0 Å². The number of aliphatic hydroxyl groups is 8. The van der Waals surface area contributed by atoms with E-state index in [-0.39, 0.29) is 12.5 Å². The molecule has 0 aliphatic carbocycles. The number of unbranched alkanes of at least 4 members (excludes halogenated alkanes) is 70. The first-order valence-corrected chi connectivity index (χ1v) is 47.3. The van der Waals surface area contributed by atoms with E-state index in [1.807, 2.05) is 0 Å². The predicted molar refractivity (Wildman–Crippen MR) is 443 cm³/mol. The molecular formula is C92H181NO13. The Hall–Kier alpha value is -1.01. The van der Waals surface area contributed by atoms with Crippen LogP contribution in [-0.4, -0.2) is 140 Å². The third kappa shape index (κ3) is 57.9. The molecule has 106 heavy (non-hydrogen) atoms. The van der Waals surface area contributed by atoms with Crippen LogP contribution in [0.2, 0.25) is 0 Å². The number of nitrogens with one attached hydrogen (secondary N) is 1. The Kier molecular flexibility index (Phi) is 73.0. The molecule has 0 aromatic rings. The lowest BCUT2D eigenvalue weighted by Crippen LogP contribution is -2.65. The summed E-state index contributed by atoms with van der Waals surface area (Å²) in [7, 11) is 0. The molecule has 2 aliphatic rings. The van der Waals surface area contributed by atoms with E-state index in [1.165, 1.54) is 411 Å². The Balaban J connectivity index is 1.52. The first-order chi connectivity index (χ1) is 52.1. The Labute approximate surface area is 654 Å². The fraction of sp³-hybridized carbons (Fsp3) is 0.989. The van der Waals surface area contributed by atoms with Gasteiger partial charge in [-0.3, -0.25) is 4.79 Å². The van der Waals surface area contributed by atoms with Gasteiger partial charge in [-0.05, 0) is 12.8 Å². The van der Waals surface area contributed by atoms with Gasteiger partial charge in [-0.15, -0.1) is 0 Å². The molecule has 2 aliphatic heterocycles. The summed E-state index contributed by atoms with van der Waals surface area (Å²) in [4.78, 5) is 13.5. The van der Waals surface area contributed by atoms with Crippen molar-refractivity contribution in [1.29, 1.82) is 0 Å². The van der Waals surface area contributed by atoms with Crippen LogP contribution < -0.4 is 5.32 Å². The number of amides is 1. The zero-order chi connectivity index (χ0) is 76.5. The standard InChI is InChI=1S/C92H181NO13/c1-3-5-7-9-11-13-15-17-19-21-23-25-27-29-31-33-35-37-38-39-40-41-42-44-46-48-50-52-54-56-58-60-62-64-66-68-70-72-74-76-84(97)93-80(79-103-91-89(102)87(100)90(83(78-95)105-91)106-92-88(101)86(99)85(98)82(77-94)104-92)81(96)75-73-71-69-67-65-63-61-59-57-55-53-51-49-47-45-43-36-34-32-30-28-26-24-22-20-18-16-14-12-10-8-6-4-2/h80-83,85-92,94-96,98-102H,3-79H2,1-2H3,(H,93,97). The molecule has 0 aromatic heterocycles. The minimum Gasteiger partial charge on any atom is -0.394 e. The maximum absolute atomic E-state index is 13.5. The number of rotatable bonds is 83. The zero-order valence-electron chi connectivity index (χ0n) is 70.0. The van der Waals surface area contributed by atoms with E-state index in [0.29, 0.717) is 12.8 Å². The second-order valence-corrected chi connectivity index (χ2v) is 33.9. The average molecular weight is 1510 g/mol. The molecule has 0 radical (unpaired) electrons. The number of ether oxygens (including phenoxy) is 4. The van der Waals surface area contributed by atoms with Gasteiger partial charge in [-0.1, -0.05) is 470 Å². The van der Waals surface area contributed by atoms with Gasteiger partial charge in [0.05, 0.1) is 32.0 Å². The first-order valence-electron chi connectivity index (χ1n) is 47.3. The maximum Gasteiger partial charge on any atom is 0.220 e. The van der Waals surface area contributed by atoms with E-state index in [1.54, 1.807) is 0 Å². The van der Waals surface area contributed by atoms with Crippen LogP contribution in [0, 0.1) is 0 Å². The third-order valence-electron chi connectivity index (χ3n) is 23.8. The lowest BCUT2D eigenvalue weighted by molar-refractivity contribution is -0.359. The van der Waals surface area contributed by atoms with Gasteiger partial charge in [0.15, 0.2) is 12.6 Å². The van der Waals surface area contributed by atoms with Gasteiger partial charge in [-0.2, -0.15) is 0 Å². The Morgan fingerprint density at radius 2 is 0.538 bits per heavy atom. The molecule has 0 aromatic carbocycles. The van der Waals surface area contributed by atoms with Crippen molar-refractivity contribution in [2.24, 2.45) is 0 Å². The SMILES string of the molecule is CCCCCCCCCCCCCCCCCCCCCCCCCCCCCCCCCCCCCCCCCC(=O)NC(COC1OC(CO)C(OC2OC(CO)C(O)C(O)C2O)C(O)C1O)C(O)CCCCCCCCCCCCCCCCCCCCCCCCCCCCCCCCCCC. The molecule has 9 N–H and O–H groups in total. The smallest absolute Gasteiger partial charge is 0.220 e. The van der Waals surface area contributed by atoms with E-state index >= 15 is 0 Å². The normalized spacial score (nSPS) is 21.2. The molecule has 14 nitrogen and oxygen atoms in total. The molecular weight excluding hydrogens is 1330 g/mol. The average Bonchev–Trinajstić information content (AvgIpc) is 0.789. The van der Waals surface area contributed by atoms with E-state index in [9.17, 15) is 45.6 Å². The molecule has 0 saturated carbocycles. The Morgan fingerprint density at radius 1 is 0.302 bits per heavy atom. The second-order valence-electron chi connectivity index (χ2n) is 33.9. The maximum atomic E-state index is 13.5. The summed E-state index contributed by atoms with van der Waals surface area (Å²) in [6, 6.07) is -0.827. The van der Waals surface area contributed by atoms with Gasteiger partial charge in [-0.25, -0.2) is 0 Å². The summed E-state index contributed by atoms with van der Waals surface area (Å²) in [5.41, 5.74) is 0. The Morgan fingerprint density at radius 3 is 0.802 bits per heavy atom. The first kappa shape index (κ1) is 101. The van der Waals surface area contributed by atoms with Crippen molar-refractivity contribution in [2.75, 3.05) is 19.8 Å². The lowest BCUT2D eigenvalue weighted by Gasteiger charge is -2.46.